The summed E-state index contributed by atoms with van der Waals surface area (Å²) in [6.07, 6.45) is 5.81. The second-order valence-corrected chi connectivity index (χ2v) is 7.94. The predicted octanol–water partition coefficient (Wildman–Crippen LogP) is 3.59. The summed E-state index contributed by atoms with van der Waals surface area (Å²) < 4.78 is 0. The molecule has 2 aromatic rings. The molecule has 2 saturated heterocycles. The zero-order valence-electron chi connectivity index (χ0n) is 15.4. The van der Waals surface area contributed by atoms with Gasteiger partial charge in [0.25, 0.3) is 0 Å². The Morgan fingerprint density at radius 2 is 2.00 bits per heavy atom. The van der Waals surface area contributed by atoms with Gasteiger partial charge in [0.15, 0.2) is 0 Å². The first-order valence-corrected chi connectivity index (χ1v) is 9.44. The minimum Gasteiger partial charge on any atom is -0.356 e. The van der Waals surface area contributed by atoms with Crippen molar-refractivity contribution in [1.82, 2.24) is 14.9 Å². The van der Waals surface area contributed by atoms with E-state index in [4.69, 9.17) is 0 Å². The Kier molecular flexibility index (Phi) is 4.46. The van der Waals surface area contributed by atoms with Crippen molar-refractivity contribution in [3.8, 4) is 0 Å². The molecule has 0 N–H and O–H groups in total. The number of likely N-dealkylation sites (tertiary alicyclic amines) is 1. The van der Waals surface area contributed by atoms with Crippen molar-refractivity contribution < 1.29 is 0 Å². The zero-order chi connectivity index (χ0) is 17.3. The molecule has 25 heavy (non-hydrogen) atoms. The summed E-state index contributed by atoms with van der Waals surface area (Å²) in [6, 6.07) is 11.0. The maximum atomic E-state index is 4.63. The number of benzene rings is 1. The number of hydrogen-bond acceptors (Lipinski definition) is 4. The third kappa shape index (κ3) is 3.69. The van der Waals surface area contributed by atoms with Crippen molar-refractivity contribution in [2.24, 2.45) is 5.41 Å². The van der Waals surface area contributed by atoms with Gasteiger partial charge in [-0.2, -0.15) is 0 Å². The van der Waals surface area contributed by atoms with Crippen molar-refractivity contribution in [3.63, 3.8) is 0 Å². The van der Waals surface area contributed by atoms with E-state index in [-0.39, 0.29) is 0 Å². The summed E-state index contributed by atoms with van der Waals surface area (Å²) >= 11 is 0. The maximum Gasteiger partial charge on any atom is 0.132 e. The highest BCUT2D eigenvalue weighted by molar-refractivity contribution is 5.39. The van der Waals surface area contributed by atoms with Crippen LogP contribution in [0.15, 0.2) is 36.5 Å². The lowest BCUT2D eigenvalue weighted by Gasteiger charge is -2.40. The standard InChI is InChI=1S/C21H28N4/c1-17-5-3-6-19(13-17)14-24-11-4-8-21(15-24)9-12-25(16-21)20-7-10-22-18(2)23-20/h3,5-7,10,13H,4,8-9,11-12,14-16H2,1-2H3/t21-/m0/s1. The van der Waals surface area contributed by atoms with Crippen LogP contribution >= 0.6 is 0 Å². The van der Waals surface area contributed by atoms with Crippen LogP contribution in [0.5, 0.6) is 0 Å². The molecule has 4 heteroatoms. The molecule has 2 fully saturated rings. The minimum absolute atomic E-state index is 0.431. The van der Waals surface area contributed by atoms with Gasteiger partial charge >= 0.3 is 0 Å². The first-order valence-electron chi connectivity index (χ1n) is 9.44. The molecule has 0 aliphatic carbocycles. The lowest BCUT2D eigenvalue weighted by molar-refractivity contribution is 0.0991. The molecule has 0 radical (unpaired) electrons. The summed E-state index contributed by atoms with van der Waals surface area (Å²) in [5, 5.41) is 0. The molecule has 1 aromatic heterocycles. The van der Waals surface area contributed by atoms with Crippen LogP contribution in [0.1, 0.15) is 36.2 Å². The number of nitrogens with zero attached hydrogens (tertiary/aromatic N) is 4. The molecule has 0 unspecified atom stereocenters. The summed E-state index contributed by atoms with van der Waals surface area (Å²) in [6.45, 7) is 9.92. The topological polar surface area (TPSA) is 32.3 Å². The van der Waals surface area contributed by atoms with Gasteiger partial charge in [0, 0.05) is 37.8 Å². The average molecular weight is 336 g/mol. The second kappa shape index (κ2) is 6.75. The fourth-order valence-electron chi connectivity index (χ4n) is 4.60. The Morgan fingerprint density at radius 3 is 2.84 bits per heavy atom. The van der Waals surface area contributed by atoms with Gasteiger partial charge in [0.2, 0.25) is 0 Å². The van der Waals surface area contributed by atoms with Crippen molar-refractivity contribution in [3.05, 3.63) is 53.5 Å². The second-order valence-electron chi connectivity index (χ2n) is 7.94. The normalized spacial score (nSPS) is 24.2. The van der Waals surface area contributed by atoms with E-state index in [2.05, 4.69) is 57.0 Å². The summed E-state index contributed by atoms with van der Waals surface area (Å²) in [5.74, 6) is 1.96. The first kappa shape index (κ1) is 16.5. The fourth-order valence-corrected chi connectivity index (χ4v) is 4.60. The van der Waals surface area contributed by atoms with E-state index in [1.807, 2.05) is 13.1 Å². The Balaban J connectivity index is 1.44. The van der Waals surface area contributed by atoms with E-state index < -0.39 is 0 Å². The van der Waals surface area contributed by atoms with Crippen LogP contribution in [0, 0.1) is 19.3 Å². The van der Waals surface area contributed by atoms with E-state index in [0.717, 1.165) is 31.3 Å². The molecule has 2 aliphatic rings. The van der Waals surface area contributed by atoms with E-state index in [1.165, 1.54) is 43.5 Å². The van der Waals surface area contributed by atoms with Crippen LogP contribution in [0.4, 0.5) is 5.82 Å². The highest BCUT2D eigenvalue weighted by Gasteiger charge is 2.41. The third-order valence-corrected chi connectivity index (χ3v) is 5.75. The van der Waals surface area contributed by atoms with E-state index in [9.17, 15) is 0 Å². The first-order chi connectivity index (χ1) is 12.1. The van der Waals surface area contributed by atoms with Gasteiger partial charge in [-0.3, -0.25) is 4.90 Å². The van der Waals surface area contributed by atoms with Crippen molar-refractivity contribution in [2.45, 2.75) is 39.7 Å². The molecule has 1 aromatic carbocycles. The number of piperidine rings is 1. The largest absolute Gasteiger partial charge is 0.356 e. The van der Waals surface area contributed by atoms with Crippen molar-refractivity contribution >= 4 is 5.82 Å². The molecule has 2 aliphatic heterocycles. The van der Waals surface area contributed by atoms with Crippen LogP contribution in [0.2, 0.25) is 0 Å². The van der Waals surface area contributed by atoms with Gasteiger partial charge < -0.3 is 4.90 Å². The molecule has 132 valence electrons. The smallest absolute Gasteiger partial charge is 0.132 e. The number of aromatic nitrogens is 2. The number of hydrogen-bond donors (Lipinski definition) is 0. The van der Waals surface area contributed by atoms with Crippen LogP contribution < -0.4 is 4.90 Å². The maximum absolute atomic E-state index is 4.63. The van der Waals surface area contributed by atoms with Gasteiger partial charge in [-0.25, -0.2) is 9.97 Å². The number of aryl methyl sites for hydroxylation is 2. The Labute approximate surface area is 150 Å². The summed E-state index contributed by atoms with van der Waals surface area (Å²) in [4.78, 5) is 14.0. The van der Waals surface area contributed by atoms with Gasteiger partial charge in [-0.1, -0.05) is 29.8 Å². The van der Waals surface area contributed by atoms with E-state index in [0.29, 0.717) is 5.41 Å². The van der Waals surface area contributed by atoms with Crippen molar-refractivity contribution in [2.75, 3.05) is 31.1 Å². The molecule has 0 bridgehead atoms. The van der Waals surface area contributed by atoms with Crippen LogP contribution in [-0.4, -0.2) is 41.0 Å². The Morgan fingerprint density at radius 1 is 1.08 bits per heavy atom. The molecule has 1 spiro atoms. The Bertz CT molecular complexity index is 744. The fraction of sp³-hybridized carbons (Fsp3) is 0.524. The molecule has 4 rings (SSSR count). The van der Waals surface area contributed by atoms with E-state index >= 15 is 0 Å². The molecular formula is C21H28N4. The van der Waals surface area contributed by atoms with E-state index in [1.54, 1.807) is 0 Å². The van der Waals surface area contributed by atoms with Crippen LogP contribution in [0.3, 0.4) is 0 Å². The zero-order valence-corrected chi connectivity index (χ0v) is 15.4. The minimum atomic E-state index is 0.431. The lowest BCUT2D eigenvalue weighted by Crippen LogP contribution is -2.44. The molecule has 0 amide bonds. The van der Waals surface area contributed by atoms with Crippen LogP contribution in [-0.2, 0) is 6.54 Å². The summed E-state index contributed by atoms with van der Waals surface area (Å²) in [7, 11) is 0. The third-order valence-electron chi connectivity index (χ3n) is 5.75. The Hall–Kier alpha value is -1.94. The lowest BCUT2D eigenvalue weighted by atomic mass is 9.79. The van der Waals surface area contributed by atoms with Crippen LogP contribution in [0.25, 0.3) is 0 Å². The van der Waals surface area contributed by atoms with Crippen molar-refractivity contribution in [1.29, 1.82) is 0 Å². The number of anilines is 1. The molecule has 0 saturated carbocycles. The average Bonchev–Trinajstić information content (AvgIpc) is 2.98. The molecular weight excluding hydrogens is 308 g/mol. The SMILES string of the molecule is Cc1cccc(CN2CCC[C@]3(CCN(c4ccnc(C)n4)C3)C2)c1. The highest BCUT2D eigenvalue weighted by atomic mass is 15.2. The summed E-state index contributed by atoms with van der Waals surface area (Å²) in [5.41, 5.74) is 3.23. The van der Waals surface area contributed by atoms with Gasteiger partial charge in [-0.05, 0) is 51.3 Å². The molecule has 1 atom stereocenters. The van der Waals surface area contributed by atoms with Gasteiger partial charge in [0.05, 0.1) is 0 Å². The molecule has 3 heterocycles. The van der Waals surface area contributed by atoms with Gasteiger partial charge in [0.1, 0.15) is 11.6 Å². The monoisotopic (exact) mass is 336 g/mol. The quantitative estimate of drug-likeness (QED) is 0.857. The number of rotatable bonds is 3. The molecule has 4 nitrogen and oxygen atoms in total. The predicted molar refractivity (Wildman–Crippen MR) is 102 cm³/mol. The van der Waals surface area contributed by atoms with Gasteiger partial charge in [-0.15, -0.1) is 0 Å². The highest BCUT2D eigenvalue weighted by Crippen LogP contribution is 2.40.